The Hall–Kier alpha value is -2.72. The van der Waals surface area contributed by atoms with Gasteiger partial charge in [0.1, 0.15) is 5.69 Å². The third kappa shape index (κ3) is 3.30. The van der Waals surface area contributed by atoms with Gasteiger partial charge in [-0.25, -0.2) is 9.78 Å². The van der Waals surface area contributed by atoms with Gasteiger partial charge in [-0.15, -0.1) is 0 Å². The maximum absolute atomic E-state index is 10.7. The number of hydrogen-bond donors (Lipinski definition) is 1. The van der Waals surface area contributed by atoms with Crippen molar-refractivity contribution in [3.05, 3.63) is 77.6 Å². The Morgan fingerprint density at radius 3 is 2.41 bits per heavy atom. The molecule has 0 fully saturated rings. The first-order valence-corrected chi connectivity index (χ1v) is 6.96. The predicted molar refractivity (Wildman–Crippen MR) is 83.6 cm³/mol. The van der Waals surface area contributed by atoms with Gasteiger partial charge in [-0.3, -0.25) is 0 Å². The molecule has 4 heteroatoms. The molecule has 0 radical (unpaired) electrons. The Bertz CT molecular complexity index is 797. The van der Waals surface area contributed by atoms with Crippen LogP contribution in [0.4, 0.5) is 0 Å². The van der Waals surface area contributed by atoms with Gasteiger partial charge in [0.2, 0.25) is 0 Å². The molecule has 1 heterocycles. The summed E-state index contributed by atoms with van der Waals surface area (Å²) in [7, 11) is 0. The fourth-order valence-corrected chi connectivity index (χ4v) is 2.25. The summed E-state index contributed by atoms with van der Waals surface area (Å²) in [6.07, 6.45) is 1.53. The van der Waals surface area contributed by atoms with Crippen LogP contribution in [-0.2, 0) is 18.0 Å². The average molecular weight is 293 g/mol. The zero-order valence-corrected chi connectivity index (χ0v) is 11.9. The highest BCUT2D eigenvalue weighted by molar-refractivity contribution is 5.85. The molecule has 3 aromatic rings. The number of rotatable bonds is 5. The zero-order chi connectivity index (χ0) is 15.4. The molecule has 22 heavy (non-hydrogen) atoms. The molecule has 3 rings (SSSR count). The first-order valence-electron chi connectivity index (χ1n) is 6.96. The zero-order valence-electron chi connectivity index (χ0n) is 11.9. The molecule has 4 nitrogen and oxygen atoms in total. The number of ether oxygens (including phenoxy) is 1. The van der Waals surface area contributed by atoms with Gasteiger partial charge >= 0.3 is 5.97 Å². The van der Waals surface area contributed by atoms with E-state index in [1.54, 1.807) is 6.07 Å². The molecule has 0 aliphatic rings. The maximum Gasteiger partial charge on any atom is 0.354 e. The number of carbonyl (C=O) groups is 1. The number of carboxylic acids is 1. The Balaban J connectivity index is 1.60. The van der Waals surface area contributed by atoms with Gasteiger partial charge < -0.3 is 9.84 Å². The maximum atomic E-state index is 10.7. The molecule has 0 saturated heterocycles. The summed E-state index contributed by atoms with van der Waals surface area (Å²) in [5.74, 6) is -1.02. The lowest BCUT2D eigenvalue weighted by Gasteiger charge is -2.06. The van der Waals surface area contributed by atoms with Crippen molar-refractivity contribution in [1.82, 2.24) is 4.98 Å². The van der Waals surface area contributed by atoms with Crippen LogP contribution in [0.5, 0.6) is 0 Å². The standard InChI is InChI=1S/C18H15NO3/c20-18(21)17-8-6-14(10-19-17)12-22-11-13-5-7-15-3-1-2-4-16(15)9-13/h1-10H,11-12H2,(H,20,21). The third-order valence-corrected chi connectivity index (χ3v) is 3.40. The van der Waals surface area contributed by atoms with E-state index in [2.05, 4.69) is 29.2 Å². The summed E-state index contributed by atoms with van der Waals surface area (Å²) in [6, 6.07) is 17.6. The second-order valence-corrected chi connectivity index (χ2v) is 5.03. The molecular weight excluding hydrogens is 278 g/mol. The van der Waals surface area contributed by atoms with Crippen molar-refractivity contribution in [2.45, 2.75) is 13.2 Å². The van der Waals surface area contributed by atoms with Crippen molar-refractivity contribution in [1.29, 1.82) is 0 Å². The Morgan fingerprint density at radius 1 is 0.955 bits per heavy atom. The van der Waals surface area contributed by atoms with Crippen LogP contribution in [0.1, 0.15) is 21.6 Å². The largest absolute Gasteiger partial charge is 0.477 e. The molecule has 0 amide bonds. The minimum Gasteiger partial charge on any atom is -0.477 e. The van der Waals surface area contributed by atoms with Gasteiger partial charge in [0.25, 0.3) is 0 Å². The lowest BCUT2D eigenvalue weighted by molar-refractivity contribution is 0.0690. The van der Waals surface area contributed by atoms with E-state index in [-0.39, 0.29) is 5.69 Å². The number of pyridine rings is 1. The van der Waals surface area contributed by atoms with Crippen molar-refractivity contribution in [2.75, 3.05) is 0 Å². The molecule has 1 aromatic heterocycles. The highest BCUT2D eigenvalue weighted by Gasteiger charge is 2.03. The van der Waals surface area contributed by atoms with E-state index in [0.29, 0.717) is 13.2 Å². The van der Waals surface area contributed by atoms with Gasteiger partial charge in [0, 0.05) is 6.20 Å². The van der Waals surface area contributed by atoms with Gasteiger partial charge in [-0.2, -0.15) is 0 Å². The molecule has 1 N–H and O–H groups in total. The van der Waals surface area contributed by atoms with E-state index < -0.39 is 5.97 Å². The summed E-state index contributed by atoms with van der Waals surface area (Å²) in [5, 5.41) is 11.2. The molecule has 0 bridgehead atoms. The monoisotopic (exact) mass is 293 g/mol. The van der Waals surface area contributed by atoms with Crippen molar-refractivity contribution in [2.24, 2.45) is 0 Å². The molecule has 110 valence electrons. The molecule has 0 aliphatic carbocycles. The number of aromatic carboxylic acids is 1. The number of benzene rings is 2. The van der Waals surface area contributed by atoms with Crippen LogP contribution >= 0.6 is 0 Å². The molecule has 0 unspecified atom stereocenters. The smallest absolute Gasteiger partial charge is 0.354 e. The summed E-state index contributed by atoms with van der Waals surface area (Å²) >= 11 is 0. The van der Waals surface area contributed by atoms with E-state index in [1.807, 2.05) is 18.2 Å². The number of hydrogen-bond acceptors (Lipinski definition) is 3. The fraction of sp³-hybridized carbons (Fsp3) is 0.111. The molecular formula is C18H15NO3. The SMILES string of the molecule is O=C(O)c1ccc(COCc2ccc3ccccc3c2)cn1. The van der Waals surface area contributed by atoms with E-state index in [4.69, 9.17) is 9.84 Å². The van der Waals surface area contributed by atoms with Crippen LogP contribution in [0, 0.1) is 0 Å². The van der Waals surface area contributed by atoms with E-state index in [9.17, 15) is 4.79 Å². The normalized spacial score (nSPS) is 10.7. The average Bonchev–Trinajstić information content (AvgIpc) is 2.55. The van der Waals surface area contributed by atoms with Gasteiger partial charge in [-0.05, 0) is 34.0 Å². The summed E-state index contributed by atoms with van der Waals surface area (Å²) < 4.78 is 5.67. The topological polar surface area (TPSA) is 59.4 Å². The van der Waals surface area contributed by atoms with Gasteiger partial charge in [0.05, 0.1) is 13.2 Å². The van der Waals surface area contributed by atoms with Crippen LogP contribution in [0.2, 0.25) is 0 Å². The minimum atomic E-state index is -1.02. The fourth-order valence-electron chi connectivity index (χ4n) is 2.25. The van der Waals surface area contributed by atoms with Gasteiger partial charge in [-0.1, -0.05) is 42.5 Å². The van der Waals surface area contributed by atoms with Crippen molar-refractivity contribution < 1.29 is 14.6 Å². The number of carboxylic acid groups (broad SMARTS) is 1. The summed E-state index contributed by atoms with van der Waals surface area (Å²) in [4.78, 5) is 14.6. The van der Waals surface area contributed by atoms with E-state index >= 15 is 0 Å². The molecule has 2 aromatic carbocycles. The highest BCUT2D eigenvalue weighted by atomic mass is 16.5. The first-order chi connectivity index (χ1) is 10.7. The number of aromatic nitrogens is 1. The van der Waals surface area contributed by atoms with E-state index in [0.717, 1.165) is 11.1 Å². The van der Waals surface area contributed by atoms with Crippen molar-refractivity contribution in [3.63, 3.8) is 0 Å². The second-order valence-electron chi connectivity index (χ2n) is 5.03. The first kappa shape index (κ1) is 14.2. The van der Waals surface area contributed by atoms with Crippen LogP contribution < -0.4 is 0 Å². The van der Waals surface area contributed by atoms with Crippen LogP contribution in [0.3, 0.4) is 0 Å². The molecule has 0 aliphatic heterocycles. The lowest BCUT2D eigenvalue weighted by atomic mass is 10.1. The van der Waals surface area contributed by atoms with E-state index in [1.165, 1.54) is 23.0 Å². The Labute approximate surface area is 128 Å². The summed E-state index contributed by atoms with van der Waals surface area (Å²) in [6.45, 7) is 0.908. The van der Waals surface area contributed by atoms with Crippen LogP contribution in [0.15, 0.2) is 60.8 Å². The van der Waals surface area contributed by atoms with Crippen LogP contribution in [-0.4, -0.2) is 16.1 Å². The predicted octanol–water partition coefficient (Wildman–Crippen LogP) is 3.65. The highest BCUT2D eigenvalue weighted by Crippen LogP contribution is 2.16. The third-order valence-electron chi connectivity index (χ3n) is 3.40. The van der Waals surface area contributed by atoms with Crippen molar-refractivity contribution >= 4 is 16.7 Å². The molecule has 0 spiro atoms. The quantitative estimate of drug-likeness (QED) is 0.780. The van der Waals surface area contributed by atoms with Crippen molar-refractivity contribution in [3.8, 4) is 0 Å². The van der Waals surface area contributed by atoms with Gasteiger partial charge in [0.15, 0.2) is 0 Å². The number of fused-ring (bicyclic) bond motifs is 1. The Morgan fingerprint density at radius 2 is 1.68 bits per heavy atom. The second kappa shape index (κ2) is 6.37. The van der Waals surface area contributed by atoms with Crippen LogP contribution in [0.25, 0.3) is 10.8 Å². The lowest BCUT2D eigenvalue weighted by Crippen LogP contribution is -2.01. The minimum absolute atomic E-state index is 0.0401. The Kier molecular flexibility index (Phi) is 4.12. The number of nitrogens with zero attached hydrogens (tertiary/aromatic N) is 1. The molecule has 0 saturated carbocycles. The molecule has 0 atom stereocenters. The summed E-state index contributed by atoms with van der Waals surface area (Å²) in [5.41, 5.74) is 2.00.